The summed E-state index contributed by atoms with van der Waals surface area (Å²) in [4.78, 5) is 25.5. The molecule has 9 heteroatoms. The predicted molar refractivity (Wildman–Crippen MR) is 106 cm³/mol. The van der Waals surface area contributed by atoms with Crippen LogP contribution in [0.5, 0.6) is 0 Å². The van der Waals surface area contributed by atoms with Crippen LogP contribution in [0.4, 0.5) is 5.82 Å². The Morgan fingerprint density at radius 2 is 2.18 bits per heavy atom. The van der Waals surface area contributed by atoms with Crippen LogP contribution in [-0.2, 0) is 16.0 Å². The third-order valence-corrected chi connectivity index (χ3v) is 5.01. The van der Waals surface area contributed by atoms with Gasteiger partial charge in [0.2, 0.25) is 11.8 Å². The molecule has 2 amide bonds. The van der Waals surface area contributed by atoms with Crippen LogP contribution in [-0.4, -0.2) is 62.2 Å². The summed E-state index contributed by atoms with van der Waals surface area (Å²) in [7, 11) is 0. The lowest BCUT2D eigenvalue weighted by Crippen LogP contribution is -2.32. The van der Waals surface area contributed by atoms with Crippen LogP contribution < -0.4 is 10.6 Å². The average Bonchev–Trinajstić information content (AvgIpc) is 3.29. The van der Waals surface area contributed by atoms with E-state index in [0.717, 1.165) is 44.7 Å². The van der Waals surface area contributed by atoms with Crippen molar-refractivity contribution >= 4 is 23.3 Å². The molecule has 0 aliphatic carbocycles. The van der Waals surface area contributed by atoms with Crippen LogP contribution in [0.1, 0.15) is 51.8 Å². The molecule has 28 heavy (non-hydrogen) atoms. The largest absolute Gasteiger partial charge is 0.369 e. The molecule has 1 atom stereocenters. The Kier molecular flexibility index (Phi) is 6.78. The number of rotatable bonds is 10. The minimum Gasteiger partial charge on any atom is -0.369 e. The molecule has 3 heterocycles. The third kappa shape index (κ3) is 5.17. The SMILES string of the molecule is CCC(C)NC(=O)CCc1nnc2ccc(NCCCN3CCCC3=O)nn12. The number of hydrogen-bond acceptors (Lipinski definition) is 6. The van der Waals surface area contributed by atoms with Gasteiger partial charge in [-0.2, -0.15) is 4.52 Å². The van der Waals surface area contributed by atoms with E-state index in [1.165, 1.54) is 0 Å². The summed E-state index contributed by atoms with van der Waals surface area (Å²) in [6.45, 7) is 6.41. The molecule has 9 nitrogen and oxygen atoms in total. The molecular formula is C19H29N7O2. The molecular weight excluding hydrogens is 358 g/mol. The van der Waals surface area contributed by atoms with Crippen molar-refractivity contribution in [2.45, 2.75) is 58.4 Å². The summed E-state index contributed by atoms with van der Waals surface area (Å²) in [6.07, 6.45) is 4.26. The van der Waals surface area contributed by atoms with E-state index in [0.29, 0.717) is 30.7 Å². The molecule has 1 unspecified atom stereocenters. The molecule has 2 aromatic heterocycles. The summed E-state index contributed by atoms with van der Waals surface area (Å²) in [5.41, 5.74) is 0.658. The lowest BCUT2D eigenvalue weighted by Gasteiger charge is -2.15. The first-order valence-electron chi connectivity index (χ1n) is 10.1. The Balaban J connectivity index is 1.51. The van der Waals surface area contributed by atoms with E-state index in [2.05, 4.69) is 25.9 Å². The maximum absolute atomic E-state index is 12.0. The minimum atomic E-state index is 0.0110. The molecule has 3 rings (SSSR count). The lowest BCUT2D eigenvalue weighted by molar-refractivity contribution is -0.127. The van der Waals surface area contributed by atoms with Crippen molar-refractivity contribution in [3.63, 3.8) is 0 Å². The zero-order valence-electron chi connectivity index (χ0n) is 16.6. The van der Waals surface area contributed by atoms with Gasteiger partial charge < -0.3 is 15.5 Å². The van der Waals surface area contributed by atoms with Gasteiger partial charge >= 0.3 is 0 Å². The first-order valence-corrected chi connectivity index (χ1v) is 10.1. The molecule has 2 aromatic rings. The van der Waals surface area contributed by atoms with Crippen LogP contribution in [0.3, 0.4) is 0 Å². The molecule has 1 aliphatic rings. The summed E-state index contributed by atoms with van der Waals surface area (Å²) in [5.74, 6) is 1.66. The monoisotopic (exact) mass is 387 g/mol. The van der Waals surface area contributed by atoms with Gasteiger partial charge in [0, 0.05) is 44.9 Å². The number of aromatic nitrogens is 4. The van der Waals surface area contributed by atoms with E-state index in [-0.39, 0.29) is 17.9 Å². The topological polar surface area (TPSA) is 105 Å². The quantitative estimate of drug-likeness (QED) is 0.597. The van der Waals surface area contributed by atoms with Gasteiger partial charge in [-0.05, 0) is 38.3 Å². The van der Waals surface area contributed by atoms with Crippen molar-refractivity contribution in [2.75, 3.05) is 25.0 Å². The van der Waals surface area contributed by atoms with Crippen molar-refractivity contribution in [2.24, 2.45) is 0 Å². The first kappa shape index (κ1) is 20.0. The zero-order valence-corrected chi connectivity index (χ0v) is 16.6. The highest BCUT2D eigenvalue weighted by Crippen LogP contribution is 2.11. The molecule has 1 aliphatic heterocycles. The number of nitrogens with one attached hydrogen (secondary N) is 2. The number of hydrogen-bond donors (Lipinski definition) is 2. The van der Waals surface area contributed by atoms with Gasteiger partial charge in [-0.15, -0.1) is 15.3 Å². The van der Waals surface area contributed by atoms with Gasteiger partial charge in [-0.25, -0.2) is 0 Å². The van der Waals surface area contributed by atoms with Gasteiger partial charge in [0.05, 0.1) is 0 Å². The normalized spacial score (nSPS) is 15.2. The second-order valence-corrected chi connectivity index (χ2v) is 7.25. The number of fused-ring (bicyclic) bond motifs is 1. The molecule has 0 saturated carbocycles. The first-order chi connectivity index (χ1) is 13.6. The Morgan fingerprint density at radius 1 is 1.32 bits per heavy atom. The number of carbonyl (C=O) groups is 2. The predicted octanol–water partition coefficient (Wildman–Crippen LogP) is 1.40. The van der Waals surface area contributed by atoms with E-state index in [9.17, 15) is 9.59 Å². The molecule has 0 radical (unpaired) electrons. The highest BCUT2D eigenvalue weighted by atomic mass is 16.2. The van der Waals surface area contributed by atoms with Crippen molar-refractivity contribution in [3.05, 3.63) is 18.0 Å². The average molecular weight is 387 g/mol. The fraction of sp³-hybridized carbons (Fsp3) is 0.632. The second-order valence-electron chi connectivity index (χ2n) is 7.25. The molecule has 0 spiro atoms. The maximum Gasteiger partial charge on any atom is 0.222 e. The highest BCUT2D eigenvalue weighted by Gasteiger charge is 2.19. The second kappa shape index (κ2) is 9.48. The molecule has 1 fully saturated rings. The van der Waals surface area contributed by atoms with Crippen molar-refractivity contribution in [3.8, 4) is 0 Å². The van der Waals surface area contributed by atoms with Crippen molar-refractivity contribution in [1.29, 1.82) is 0 Å². The van der Waals surface area contributed by atoms with E-state index in [1.54, 1.807) is 4.52 Å². The summed E-state index contributed by atoms with van der Waals surface area (Å²) in [6, 6.07) is 3.90. The van der Waals surface area contributed by atoms with Crippen molar-refractivity contribution in [1.82, 2.24) is 30.0 Å². The fourth-order valence-electron chi connectivity index (χ4n) is 3.18. The molecule has 0 aromatic carbocycles. The van der Waals surface area contributed by atoms with E-state index in [4.69, 9.17) is 0 Å². The van der Waals surface area contributed by atoms with Gasteiger partial charge in [-0.3, -0.25) is 9.59 Å². The fourth-order valence-corrected chi connectivity index (χ4v) is 3.18. The highest BCUT2D eigenvalue weighted by molar-refractivity contribution is 5.78. The summed E-state index contributed by atoms with van der Waals surface area (Å²) < 4.78 is 1.68. The third-order valence-electron chi connectivity index (χ3n) is 5.01. The van der Waals surface area contributed by atoms with Crippen molar-refractivity contribution < 1.29 is 9.59 Å². The number of amides is 2. The zero-order chi connectivity index (χ0) is 19.9. The number of aryl methyl sites for hydroxylation is 1. The van der Waals surface area contributed by atoms with Gasteiger partial charge in [0.15, 0.2) is 11.5 Å². The molecule has 1 saturated heterocycles. The van der Waals surface area contributed by atoms with Gasteiger partial charge in [0.1, 0.15) is 5.82 Å². The lowest BCUT2D eigenvalue weighted by atomic mass is 10.2. The number of anilines is 1. The van der Waals surface area contributed by atoms with Crippen LogP contribution in [0, 0.1) is 0 Å². The number of likely N-dealkylation sites (tertiary alicyclic amines) is 1. The van der Waals surface area contributed by atoms with Crippen LogP contribution >= 0.6 is 0 Å². The number of carbonyl (C=O) groups excluding carboxylic acids is 2. The molecule has 152 valence electrons. The molecule has 2 N–H and O–H groups in total. The van der Waals surface area contributed by atoms with E-state index in [1.807, 2.05) is 30.9 Å². The minimum absolute atomic E-state index is 0.0110. The Bertz CT molecular complexity index is 820. The maximum atomic E-state index is 12.0. The van der Waals surface area contributed by atoms with Crippen LogP contribution in [0.15, 0.2) is 12.1 Å². The standard InChI is InChI=1S/C19H29N7O2/c1-3-14(2)21-18(27)10-9-17-23-22-16-8-7-15(24-26(16)17)20-11-5-13-25-12-4-6-19(25)28/h7-8,14H,3-6,9-13H2,1-2H3,(H,20,24)(H,21,27). The summed E-state index contributed by atoms with van der Waals surface area (Å²) >= 11 is 0. The Hall–Kier alpha value is -2.71. The Labute approximate surface area is 164 Å². The van der Waals surface area contributed by atoms with E-state index < -0.39 is 0 Å². The smallest absolute Gasteiger partial charge is 0.222 e. The van der Waals surface area contributed by atoms with E-state index >= 15 is 0 Å². The number of nitrogens with zero attached hydrogens (tertiary/aromatic N) is 5. The Morgan fingerprint density at radius 3 is 2.93 bits per heavy atom. The van der Waals surface area contributed by atoms with Crippen LogP contribution in [0.2, 0.25) is 0 Å². The van der Waals surface area contributed by atoms with Crippen LogP contribution in [0.25, 0.3) is 5.65 Å². The molecule has 0 bridgehead atoms. The van der Waals surface area contributed by atoms with Gasteiger partial charge in [0.25, 0.3) is 0 Å². The van der Waals surface area contributed by atoms with Gasteiger partial charge in [-0.1, -0.05) is 6.92 Å². The summed E-state index contributed by atoms with van der Waals surface area (Å²) in [5, 5.41) is 19.1.